The first kappa shape index (κ1) is 57.6. The monoisotopic (exact) mass is 840 g/mol. The number of aliphatic hydroxyl groups is 2. The molecule has 0 aliphatic heterocycles. The third kappa shape index (κ3) is 42.3. The molecule has 60 heavy (non-hydrogen) atoms. The lowest BCUT2D eigenvalue weighted by Gasteiger charge is -2.24. The van der Waals surface area contributed by atoms with Crippen LogP contribution in [0, 0.1) is 0 Å². The minimum atomic E-state index is -0.812. The van der Waals surface area contributed by atoms with E-state index < -0.39 is 18.2 Å². The summed E-state index contributed by atoms with van der Waals surface area (Å²) < 4.78 is 5.86. The zero-order valence-corrected chi connectivity index (χ0v) is 39.6. The molecule has 1 amide bonds. The van der Waals surface area contributed by atoms with Gasteiger partial charge >= 0.3 is 5.97 Å². The van der Waals surface area contributed by atoms with Crippen molar-refractivity contribution >= 4 is 11.9 Å². The summed E-state index contributed by atoms with van der Waals surface area (Å²) in [6.07, 6.45) is 58.7. The highest BCUT2D eigenvalue weighted by molar-refractivity contribution is 5.77. The second-order valence-electron chi connectivity index (χ2n) is 17.2. The van der Waals surface area contributed by atoms with Crippen molar-refractivity contribution in [3.63, 3.8) is 0 Å². The van der Waals surface area contributed by atoms with Crippen LogP contribution in [0.1, 0.15) is 245 Å². The van der Waals surface area contributed by atoms with Gasteiger partial charge in [-0.15, -0.1) is 0 Å². The first-order valence-electron chi connectivity index (χ1n) is 25.5. The molecule has 6 heteroatoms. The highest BCUT2D eigenvalue weighted by Gasteiger charge is 2.23. The molecule has 348 valence electrons. The summed E-state index contributed by atoms with van der Waals surface area (Å²) in [5.41, 5.74) is 0. The molecule has 0 heterocycles. The Morgan fingerprint density at radius 1 is 0.500 bits per heavy atom. The molecule has 6 nitrogen and oxygen atoms in total. The standard InChI is InChI=1S/C54H97NO5/c1-4-7-10-13-16-19-22-24-26-28-30-32-35-38-41-44-47-54(59)60-50(45-42-39-36-33-31-29-27-25-23-20-17-14-11-8-5-2)48-53(58)55-51(49-56)52(57)46-43-40-37-34-21-18-15-12-9-6-3/h17,20,25-28,31,33,39,42,50-52,56-57H,4-16,18-19,21-24,29-30,32,34-38,40-41,43-49H2,1-3H3,(H,55,58)/b20-17-,27-25-,28-26+,33-31-,42-39-. The van der Waals surface area contributed by atoms with Gasteiger partial charge in [-0.3, -0.25) is 9.59 Å². The Kier molecular flexibility index (Phi) is 45.7. The minimum Gasteiger partial charge on any atom is -0.461 e. The van der Waals surface area contributed by atoms with E-state index in [-0.39, 0.29) is 24.9 Å². The van der Waals surface area contributed by atoms with Gasteiger partial charge in [-0.05, 0) is 70.6 Å². The molecule has 0 aromatic rings. The summed E-state index contributed by atoms with van der Waals surface area (Å²) >= 11 is 0. The van der Waals surface area contributed by atoms with Crippen LogP contribution in [-0.2, 0) is 14.3 Å². The van der Waals surface area contributed by atoms with Gasteiger partial charge < -0.3 is 20.3 Å². The average Bonchev–Trinajstić information content (AvgIpc) is 3.24. The Morgan fingerprint density at radius 2 is 0.883 bits per heavy atom. The normalized spacial score (nSPS) is 13.8. The Balaban J connectivity index is 4.72. The average molecular weight is 840 g/mol. The van der Waals surface area contributed by atoms with Gasteiger partial charge in [-0.25, -0.2) is 0 Å². The lowest BCUT2D eigenvalue weighted by atomic mass is 10.0. The number of hydrogen-bond acceptors (Lipinski definition) is 5. The van der Waals surface area contributed by atoms with Crippen LogP contribution >= 0.6 is 0 Å². The number of unbranched alkanes of at least 4 members (excludes halogenated alkanes) is 24. The zero-order valence-electron chi connectivity index (χ0n) is 39.6. The maximum absolute atomic E-state index is 13.2. The van der Waals surface area contributed by atoms with Gasteiger partial charge in [-0.1, -0.05) is 216 Å². The Bertz CT molecular complexity index is 1080. The van der Waals surface area contributed by atoms with Crippen molar-refractivity contribution in [3.8, 4) is 0 Å². The topological polar surface area (TPSA) is 95.9 Å². The maximum Gasteiger partial charge on any atom is 0.306 e. The number of aliphatic hydroxyl groups excluding tert-OH is 2. The molecule has 0 rings (SSSR count). The fourth-order valence-electron chi connectivity index (χ4n) is 7.40. The van der Waals surface area contributed by atoms with Crippen molar-refractivity contribution in [1.82, 2.24) is 5.32 Å². The van der Waals surface area contributed by atoms with Gasteiger partial charge in [0.1, 0.15) is 6.10 Å². The van der Waals surface area contributed by atoms with Crippen LogP contribution in [0.3, 0.4) is 0 Å². The largest absolute Gasteiger partial charge is 0.461 e. The zero-order chi connectivity index (χ0) is 43.8. The molecule has 0 saturated heterocycles. The van der Waals surface area contributed by atoms with E-state index in [2.05, 4.69) is 80.8 Å². The summed E-state index contributed by atoms with van der Waals surface area (Å²) in [7, 11) is 0. The van der Waals surface area contributed by atoms with Gasteiger partial charge in [0.15, 0.2) is 0 Å². The van der Waals surface area contributed by atoms with E-state index in [0.29, 0.717) is 19.3 Å². The molecule has 0 aromatic heterocycles. The quantitative estimate of drug-likeness (QED) is 0.0322. The van der Waals surface area contributed by atoms with E-state index in [1.807, 2.05) is 6.08 Å². The van der Waals surface area contributed by atoms with Crippen molar-refractivity contribution in [3.05, 3.63) is 60.8 Å². The molecule has 3 unspecified atom stereocenters. The first-order valence-corrected chi connectivity index (χ1v) is 25.5. The Hall–Kier alpha value is -2.44. The van der Waals surface area contributed by atoms with Crippen molar-refractivity contribution in [2.75, 3.05) is 6.61 Å². The number of ether oxygens (including phenoxy) is 1. The smallest absolute Gasteiger partial charge is 0.306 e. The van der Waals surface area contributed by atoms with Crippen LogP contribution in [0.4, 0.5) is 0 Å². The summed E-state index contributed by atoms with van der Waals surface area (Å²) in [5.74, 6) is -0.585. The maximum atomic E-state index is 13.2. The number of allylic oxidation sites excluding steroid dienone is 9. The van der Waals surface area contributed by atoms with E-state index in [1.54, 1.807) is 0 Å². The Labute approximate surface area is 371 Å². The highest BCUT2D eigenvalue weighted by Crippen LogP contribution is 2.16. The van der Waals surface area contributed by atoms with E-state index in [1.165, 1.54) is 135 Å². The molecule has 0 radical (unpaired) electrons. The van der Waals surface area contributed by atoms with Crippen LogP contribution in [0.25, 0.3) is 0 Å². The van der Waals surface area contributed by atoms with Crippen molar-refractivity contribution < 1.29 is 24.5 Å². The lowest BCUT2D eigenvalue weighted by molar-refractivity contribution is -0.150. The van der Waals surface area contributed by atoms with Gasteiger partial charge in [0.2, 0.25) is 5.91 Å². The van der Waals surface area contributed by atoms with Gasteiger partial charge in [0.05, 0.1) is 25.2 Å². The fraction of sp³-hybridized carbons (Fsp3) is 0.778. The molecule has 3 N–H and O–H groups in total. The molecular formula is C54H97NO5. The molecule has 0 bridgehead atoms. The third-order valence-corrected chi connectivity index (χ3v) is 11.3. The lowest BCUT2D eigenvalue weighted by Crippen LogP contribution is -2.46. The molecule has 0 saturated carbocycles. The summed E-state index contributed by atoms with van der Waals surface area (Å²) in [4.78, 5) is 26.1. The van der Waals surface area contributed by atoms with Crippen LogP contribution < -0.4 is 5.32 Å². The van der Waals surface area contributed by atoms with E-state index in [4.69, 9.17) is 4.74 Å². The van der Waals surface area contributed by atoms with Gasteiger partial charge in [0, 0.05) is 12.8 Å². The molecule has 0 spiro atoms. The molecule has 0 fully saturated rings. The summed E-state index contributed by atoms with van der Waals surface area (Å²) in [6, 6.07) is -0.732. The molecule has 0 aliphatic rings. The van der Waals surface area contributed by atoms with E-state index in [9.17, 15) is 19.8 Å². The molecule has 3 atom stereocenters. The van der Waals surface area contributed by atoms with Crippen LogP contribution in [0.15, 0.2) is 60.8 Å². The SMILES string of the molecule is CCCCC/C=C\C/C=C\C/C=C\C/C=C\CC(CC(=O)NC(CO)C(O)CCCCCCCCCCCC)OC(=O)CCCCCCC/C=C/CCCCCCCCC. The molecule has 0 aromatic carbocycles. The number of rotatable bonds is 45. The molecule has 0 aliphatic carbocycles. The van der Waals surface area contributed by atoms with Crippen molar-refractivity contribution in [1.29, 1.82) is 0 Å². The van der Waals surface area contributed by atoms with Crippen LogP contribution in [-0.4, -0.2) is 46.9 Å². The summed E-state index contributed by atoms with van der Waals surface area (Å²) in [5, 5.41) is 23.6. The third-order valence-electron chi connectivity index (χ3n) is 11.3. The predicted octanol–water partition coefficient (Wildman–Crippen LogP) is 15.2. The fourth-order valence-corrected chi connectivity index (χ4v) is 7.40. The second kappa shape index (κ2) is 47.6. The Morgan fingerprint density at radius 3 is 1.38 bits per heavy atom. The van der Waals surface area contributed by atoms with Gasteiger partial charge in [0.25, 0.3) is 0 Å². The second-order valence-corrected chi connectivity index (χ2v) is 17.2. The van der Waals surface area contributed by atoms with Crippen LogP contribution in [0.2, 0.25) is 0 Å². The van der Waals surface area contributed by atoms with E-state index in [0.717, 1.165) is 64.2 Å². The van der Waals surface area contributed by atoms with Gasteiger partial charge in [-0.2, -0.15) is 0 Å². The number of carbonyl (C=O) groups is 2. The molecular weight excluding hydrogens is 743 g/mol. The van der Waals surface area contributed by atoms with Crippen molar-refractivity contribution in [2.24, 2.45) is 0 Å². The minimum absolute atomic E-state index is 0.00227. The number of carbonyl (C=O) groups excluding carboxylic acids is 2. The van der Waals surface area contributed by atoms with Crippen LogP contribution in [0.5, 0.6) is 0 Å². The van der Waals surface area contributed by atoms with Crippen molar-refractivity contribution in [2.45, 2.75) is 264 Å². The summed E-state index contributed by atoms with van der Waals surface area (Å²) in [6.45, 7) is 6.41. The number of hydrogen-bond donors (Lipinski definition) is 3. The van der Waals surface area contributed by atoms with E-state index >= 15 is 0 Å². The number of esters is 1. The number of amides is 1. The number of nitrogens with one attached hydrogen (secondary N) is 1. The predicted molar refractivity (Wildman–Crippen MR) is 259 cm³/mol. The first-order chi connectivity index (χ1) is 29.5. The highest BCUT2D eigenvalue weighted by atomic mass is 16.5.